The van der Waals surface area contributed by atoms with Gasteiger partial charge in [-0.1, -0.05) is 0 Å². The fourth-order valence-electron chi connectivity index (χ4n) is 2.69. The summed E-state index contributed by atoms with van der Waals surface area (Å²) >= 11 is 0. The third-order valence-electron chi connectivity index (χ3n) is 3.81. The minimum absolute atomic E-state index is 0.149. The van der Waals surface area contributed by atoms with Gasteiger partial charge in [0, 0.05) is 18.0 Å². The van der Waals surface area contributed by atoms with Crippen molar-refractivity contribution in [2.45, 2.75) is 0 Å². The molecule has 0 bridgehead atoms. The molecule has 6 nitrogen and oxygen atoms in total. The molecule has 3 aromatic heterocycles. The summed E-state index contributed by atoms with van der Waals surface area (Å²) in [6, 6.07) is 13.4. The standard InChI is InChI=1S/C18H11FN6/c19-13-4-2-12(3-5-13)17-16(14-7-8-22-18(21)23-14)15-6-1-11(9-20)10-25(15)24-17/h1-8,10H,(H2,21,22,23). The predicted molar refractivity (Wildman–Crippen MR) is 90.7 cm³/mol. The van der Waals surface area contributed by atoms with Crippen molar-refractivity contribution in [2.75, 3.05) is 5.73 Å². The molecule has 0 atom stereocenters. The Bertz CT molecular complexity index is 1120. The first-order valence-electron chi connectivity index (χ1n) is 7.43. The third kappa shape index (κ3) is 2.56. The molecule has 0 fully saturated rings. The number of halogens is 1. The Kier molecular flexibility index (Phi) is 3.36. The van der Waals surface area contributed by atoms with E-state index >= 15 is 0 Å². The summed E-state index contributed by atoms with van der Waals surface area (Å²) in [6.07, 6.45) is 3.20. The highest BCUT2D eigenvalue weighted by Gasteiger charge is 2.18. The summed E-state index contributed by atoms with van der Waals surface area (Å²) in [5, 5.41) is 13.7. The van der Waals surface area contributed by atoms with E-state index in [4.69, 9.17) is 11.0 Å². The number of hydrogen-bond acceptors (Lipinski definition) is 5. The topological polar surface area (TPSA) is 92.9 Å². The van der Waals surface area contributed by atoms with Crippen LogP contribution in [0.25, 0.3) is 28.0 Å². The molecule has 0 aliphatic carbocycles. The van der Waals surface area contributed by atoms with E-state index in [-0.39, 0.29) is 11.8 Å². The van der Waals surface area contributed by atoms with Crippen LogP contribution in [-0.2, 0) is 0 Å². The van der Waals surface area contributed by atoms with Crippen LogP contribution in [0.1, 0.15) is 5.56 Å². The maximum absolute atomic E-state index is 13.3. The summed E-state index contributed by atoms with van der Waals surface area (Å²) in [5.41, 5.74) is 9.66. The van der Waals surface area contributed by atoms with Crippen molar-refractivity contribution in [3.63, 3.8) is 0 Å². The zero-order valence-corrected chi connectivity index (χ0v) is 12.9. The molecule has 120 valence electrons. The number of anilines is 1. The zero-order chi connectivity index (χ0) is 17.4. The van der Waals surface area contributed by atoms with Gasteiger partial charge in [-0.2, -0.15) is 10.4 Å². The molecule has 0 aliphatic rings. The second-order valence-electron chi connectivity index (χ2n) is 5.39. The maximum Gasteiger partial charge on any atom is 0.220 e. The van der Waals surface area contributed by atoms with Gasteiger partial charge in [0.1, 0.15) is 17.6 Å². The fourth-order valence-corrected chi connectivity index (χ4v) is 2.69. The normalized spacial score (nSPS) is 10.7. The molecule has 0 saturated heterocycles. The minimum atomic E-state index is -0.327. The van der Waals surface area contributed by atoms with Crippen LogP contribution in [0, 0.1) is 17.1 Å². The first kappa shape index (κ1) is 14.8. The number of benzene rings is 1. The van der Waals surface area contributed by atoms with Crippen LogP contribution in [0.15, 0.2) is 54.9 Å². The van der Waals surface area contributed by atoms with Crippen molar-refractivity contribution < 1.29 is 4.39 Å². The van der Waals surface area contributed by atoms with Gasteiger partial charge in [-0.15, -0.1) is 0 Å². The highest BCUT2D eigenvalue weighted by Crippen LogP contribution is 2.34. The molecule has 25 heavy (non-hydrogen) atoms. The van der Waals surface area contributed by atoms with Crippen LogP contribution in [0.5, 0.6) is 0 Å². The van der Waals surface area contributed by atoms with Gasteiger partial charge < -0.3 is 5.73 Å². The molecule has 1 aromatic carbocycles. The SMILES string of the molecule is N#Cc1ccc2c(-c3ccnc(N)n3)c(-c3ccc(F)cc3)nn2c1. The number of rotatable bonds is 2. The lowest BCUT2D eigenvalue weighted by Crippen LogP contribution is -1.95. The molecule has 4 aromatic rings. The third-order valence-corrected chi connectivity index (χ3v) is 3.81. The van der Waals surface area contributed by atoms with E-state index < -0.39 is 0 Å². The quantitative estimate of drug-likeness (QED) is 0.610. The van der Waals surface area contributed by atoms with Gasteiger partial charge in [-0.25, -0.2) is 18.9 Å². The number of pyridine rings is 1. The molecule has 2 N–H and O–H groups in total. The zero-order valence-electron chi connectivity index (χ0n) is 12.9. The highest BCUT2D eigenvalue weighted by molar-refractivity contribution is 5.91. The molecular weight excluding hydrogens is 319 g/mol. The Balaban J connectivity index is 2.05. The van der Waals surface area contributed by atoms with Gasteiger partial charge >= 0.3 is 0 Å². The van der Waals surface area contributed by atoms with Gasteiger partial charge in [0.25, 0.3) is 0 Å². The van der Waals surface area contributed by atoms with E-state index in [1.807, 2.05) is 0 Å². The maximum atomic E-state index is 13.3. The second kappa shape index (κ2) is 5.69. The highest BCUT2D eigenvalue weighted by atomic mass is 19.1. The summed E-state index contributed by atoms with van der Waals surface area (Å²) in [4.78, 5) is 8.20. The first-order chi connectivity index (χ1) is 12.2. The number of nitriles is 1. The van der Waals surface area contributed by atoms with E-state index in [1.165, 1.54) is 12.1 Å². The number of nitrogen functional groups attached to an aromatic ring is 1. The summed E-state index contributed by atoms with van der Waals surface area (Å²) in [6.45, 7) is 0. The van der Waals surface area contributed by atoms with Gasteiger partial charge in [0.15, 0.2) is 0 Å². The van der Waals surface area contributed by atoms with Crippen molar-refractivity contribution >= 4 is 11.5 Å². The molecule has 0 saturated carbocycles. The Morgan fingerprint density at radius 1 is 1.08 bits per heavy atom. The number of aromatic nitrogens is 4. The van der Waals surface area contributed by atoms with Crippen molar-refractivity contribution in [1.29, 1.82) is 5.26 Å². The molecule has 7 heteroatoms. The van der Waals surface area contributed by atoms with Crippen molar-refractivity contribution in [3.8, 4) is 28.6 Å². The number of nitrogens with two attached hydrogens (primary N) is 1. The van der Waals surface area contributed by atoms with E-state index in [1.54, 1.807) is 47.2 Å². The Hall–Kier alpha value is -3.79. The van der Waals surface area contributed by atoms with E-state index in [2.05, 4.69) is 21.1 Å². The Morgan fingerprint density at radius 2 is 1.88 bits per heavy atom. The summed E-state index contributed by atoms with van der Waals surface area (Å²) < 4.78 is 14.9. The van der Waals surface area contributed by atoms with Crippen LogP contribution in [0.4, 0.5) is 10.3 Å². The predicted octanol–water partition coefficient (Wildman–Crippen LogP) is 3.05. The lowest BCUT2D eigenvalue weighted by atomic mass is 10.0. The first-order valence-corrected chi connectivity index (χ1v) is 7.43. The van der Waals surface area contributed by atoms with Crippen molar-refractivity contribution in [3.05, 3.63) is 66.2 Å². The van der Waals surface area contributed by atoms with E-state index in [0.29, 0.717) is 17.0 Å². The second-order valence-corrected chi connectivity index (χ2v) is 5.39. The van der Waals surface area contributed by atoms with Gasteiger partial charge in [-0.3, -0.25) is 0 Å². The molecule has 0 aliphatic heterocycles. The monoisotopic (exact) mass is 330 g/mol. The molecule has 3 heterocycles. The van der Waals surface area contributed by atoms with Crippen LogP contribution >= 0.6 is 0 Å². The summed E-state index contributed by atoms with van der Waals surface area (Å²) in [5.74, 6) is -0.178. The number of hydrogen-bond donors (Lipinski definition) is 1. The Morgan fingerprint density at radius 3 is 2.60 bits per heavy atom. The molecule has 0 spiro atoms. The number of fused-ring (bicyclic) bond motifs is 1. The van der Waals surface area contributed by atoms with Crippen LogP contribution in [0.2, 0.25) is 0 Å². The Labute approximate surface area is 142 Å². The summed E-state index contributed by atoms with van der Waals surface area (Å²) in [7, 11) is 0. The largest absolute Gasteiger partial charge is 0.368 e. The molecule has 0 amide bonds. The minimum Gasteiger partial charge on any atom is -0.368 e. The lowest BCUT2D eigenvalue weighted by Gasteiger charge is -2.04. The fraction of sp³-hybridized carbons (Fsp3) is 0. The average Bonchev–Trinajstić information content (AvgIpc) is 3.00. The number of nitrogens with zero attached hydrogens (tertiary/aromatic N) is 5. The lowest BCUT2D eigenvalue weighted by molar-refractivity contribution is 0.628. The molecule has 0 unspecified atom stereocenters. The average molecular weight is 330 g/mol. The van der Waals surface area contributed by atoms with Crippen LogP contribution in [0.3, 0.4) is 0 Å². The van der Waals surface area contributed by atoms with Crippen LogP contribution in [-0.4, -0.2) is 19.6 Å². The van der Waals surface area contributed by atoms with Crippen molar-refractivity contribution in [1.82, 2.24) is 19.6 Å². The molecular formula is C18H11FN6. The van der Waals surface area contributed by atoms with Gasteiger partial charge in [-0.05, 0) is 42.5 Å². The van der Waals surface area contributed by atoms with E-state index in [0.717, 1.165) is 16.6 Å². The van der Waals surface area contributed by atoms with E-state index in [9.17, 15) is 4.39 Å². The van der Waals surface area contributed by atoms with Crippen molar-refractivity contribution in [2.24, 2.45) is 0 Å². The smallest absolute Gasteiger partial charge is 0.220 e. The molecule has 0 radical (unpaired) electrons. The molecule has 4 rings (SSSR count). The van der Waals surface area contributed by atoms with Gasteiger partial charge in [0.05, 0.1) is 22.3 Å². The van der Waals surface area contributed by atoms with Gasteiger partial charge in [0.2, 0.25) is 5.95 Å². The van der Waals surface area contributed by atoms with Crippen LogP contribution < -0.4 is 5.73 Å².